The lowest BCUT2D eigenvalue weighted by molar-refractivity contribution is 0.00335. The standard InChI is InChI=1S/C30H52N2O4Si2/c1-21(33-9)27(35-37(11,12)29(3,4)5)25-19-15-17-23(31-25)24-18-16-20-26(32-24)28(22(2)34-10)36-38(13,14)30(6,7)8/h15-22,27-28H,1-14H3/t21-,22-,27+,28+/m0/s1. The van der Waals surface area contributed by atoms with Gasteiger partial charge in [0.2, 0.25) is 0 Å². The molecule has 0 N–H and O–H groups in total. The van der Waals surface area contributed by atoms with E-state index in [-0.39, 0.29) is 34.5 Å². The van der Waals surface area contributed by atoms with Crippen LogP contribution in [0.15, 0.2) is 36.4 Å². The van der Waals surface area contributed by atoms with Gasteiger partial charge in [-0.05, 0) is 74.4 Å². The Morgan fingerprint density at radius 2 is 0.921 bits per heavy atom. The first-order chi connectivity index (χ1) is 17.3. The zero-order chi connectivity index (χ0) is 29.1. The van der Waals surface area contributed by atoms with E-state index in [1.807, 2.05) is 50.2 Å². The van der Waals surface area contributed by atoms with Crippen LogP contribution >= 0.6 is 0 Å². The SMILES string of the molecule is CO[C@@H](C)[C@@H](O[Si](C)(C)C(C)(C)C)c1cccc(-c2cccc([C@H](O[Si](C)(C)C(C)(C)C)[C@H](C)OC)n2)n1. The maximum Gasteiger partial charge on any atom is 0.193 e. The second kappa shape index (κ2) is 12.4. The molecular weight excluding hydrogens is 509 g/mol. The van der Waals surface area contributed by atoms with Gasteiger partial charge >= 0.3 is 0 Å². The van der Waals surface area contributed by atoms with Gasteiger partial charge in [-0.25, -0.2) is 9.97 Å². The number of nitrogens with zero attached hydrogens (tertiary/aromatic N) is 2. The average Bonchev–Trinajstić information content (AvgIpc) is 2.83. The maximum atomic E-state index is 6.83. The Balaban J connectivity index is 2.51. The van der Waals surface area contributed by atoms with Crippen molar-refractivity contribution in [2.24, 2.45) is 0 Å². The summed E-state index contributed by atoms with van der Waals surface area (Å²) in [6.07, 6.45) is -0.827. The molecule has 0 aliphatic rings. The van der Waals surface area contributed by atoms with E-state index < -0.39 is 16.6 Å². The van der Waals surface area contributed by atoms with Crippen LogP contribution in [0.1, 0.15) is 79.0 Å². The zero-order valence-electron chi connectivity index (χ0n) is 26.3. The Morgan fingerprint density at radius 3 is 1.18 bits per heavy atom. The lowest BCUT2D eigenvalue weighted by Gasteiger charge is -2.40. The van der Waals surface area contributed by atoms with E-state index in [2.05, 4.69) is 67.7 Å². The number of hydrogen-bond acceptors (Lipinski definition) is 6. The summed E-state index contributed by atoms with van der Waals surface area (Å²) in [7, 11) is -0.689. The highest BCUT2D eigenvalue weighted by molar-refractivity contribution is 6.74. The van der Waals surface area contributed by atoms with Gasteiger partial charge in [-0.2, -0.15) is 0 Å². The van der Waals surface area contributed by atoms with Crippen LogP contribution in [0.2, 0.25) is 36.3 Å². The van der Waals surface area contributed by atoms with Gasteiger partial charge in [-0.1, -0.05) is 53.7 Å². The maximum absolute atomic E-state index is 6.83. The molecular formula is C30H52N2O4Si2. The largest absolute Gasteiger partial charge is 0.406 e. The van der Waals surface area contributed by atoms with Gasteiger partial charge in [-0.3, -0.25) is 0 Å². The number of methoxy groups -OCH3 is 2. The molecule has 0 aliphatic carbocycles. The fraction of sp³-hybridized carbons (Fsp3) is 0.667. The molecule has 0 amide bonds. The first kappa shape index (κ1) is 32.8. The number of pyridine rings is 2. The van der Waals surface area contributed by atoms with E-state index in [0.29, 0.717) is 0 Å². The Labute approximate surface area is 234 Å². The molecule has 2 aromatic heterocycles. The number of aromatic nitrogens is 2. The predicted octanol–water partition coefficient (Wildman–Crippen LogP) is 8.34. The molecule has 0 spiro atoms. The number of ether oxygens (including phenoxy) is 2. The molecule has 214 valence electrons. The van der Waals surface area contributed by atoms with Crippen LogP contribution in [-0.2, 0) is 18.3 Å². The third-order valence-corrected chi connectivity index (χ3v) is 17.3. The molecule has 38 heavy (non-hydrogen) atoms. The lowest BCUT2D eigenvalue weighted by Crippen LogP contribution is -2.44. The summed E-state index contributed by atoms with van der Waals surface area (Å²) in [5, 5.41) is 0.146. The minimum absolute atomic E-state index is 0.0728. The molecule has 0 radical (unpaired) electrons. The van der Waals surface area contributed by atoms with Crippen LogP contribution in [0.5, 0.6) is 0 Å². The van der Waals surface area contributed by atoms with E-state index >= 15 is 0 Å². The highest BCUT2D eigenvalue weighted by Crippen LogP contribution is 2.42. The summed E-state index contributed by atoms with van der Waals surface area (Å²) in [4.78, 5) is 10.1. The van der Waals surface area contributed by atoms with Crippen LogP contribution in [0.25, 0.3) is 11.4 Å². The van der Waals surface area contributed by atoms with Gasteiger partial charge < -0.3 is 18.3 Å². The Hall–Kier alpha value is -1.43. The van der Waals surface area contributed by atoms with Gasteiger partial charge in [0.25, 0.3) is 0 Å². The van der Waals surface area contributed by atoms with E-state index in [1.165, 1.54) is 0 Å². The van der Waals surface area contributed by atoms with E-state index in [0.717, 1.165) is 22.8 Å². The Morgan fingerprint density at radius 1 is 0.605 bits per heavy atom. The summed E-state index contributed by atoms with van der Waals surface area (Å²) in [6, 6.07) is 12.1. The molecule has 0 bridgehead atoms. The summed E-state index contributed by atoms with van der Waals surface area (Å²) < 4.78 is 25.1. The monoisotopic (exact) mass is 560 g/mol. The summed E-state index contributed by atoms with van der Waals surface area (Å²) >= 11 is 0. The molecule has 0 aromatic carbocycles. The van der Waals surface area contributed by atoms with Crippen LogP contribution in [0.3, 0.4) is 0 Å². The molecule has 8 heteroatoms. The number of hydrogen-bond donors (Lipinski definition) is 0. The molecule has 0 aliphatic heterocycles. The van der Waals surface area contributed by atoms with Crippen molar-refractivity contribution in [3.8, 4) is 11.4 Å². The van der Waals surface area contributed by atoms with Crippen LogP contribution in [-0.4, -0.2) is 53.0 Å². The molecule has 0 saturated heterocycles. The fourth-order valence-electron chi connectivity index (χ4n) is 3.53. The first-order valence-corrected chi connectivity index (χ1v) is 19.5. The van der Waals surface area contributed by atoms with E-state index in [1.54, 1.807) is 14.2 Å². The van der Waals surface area contributed by atoms with E-state index in [9.17, 15) is 0 Å². The van der Waals surface area contributed by atoms with Crippen molar-refractivity contribution < 1.29 is 18.3 Å². The molecule has 2 heterocycles. The van der Waals surface area contributed by atoms with Gasteiger partial charge in [-0.15, -0.1) is 0 Å². The second-order valence-electron chi connectivity index (χ2n) is 13.4. The normalized spacial score (nSPS) is 16.7. The smallest absolute Gasteiger partial charge is 0.193 e. The third-order valence-electron chi connectivity index (χ3n) is 8.44. The molecule has 2 aromatic rings. The van der Waals surface area contributed by atoms with Crippen molar-refractivity contribution in [3.05, 3.63) is 47.8 Å². The predicted molar refractivity (Wildman–Crippen MR) is 162 cm³/mol. The van der Waals surface area contributed by atoms with Gasteiger partial charge in [0, 0.05) is 14.2 Å². The average molecular weight is 561 g/mol. The fourth-order valence-corrected chi connectivity index (χ4v) is 6.14. The van der Waals surface area contributed by atoms with Crippen molar-refractivity contribution in [2.45, 2.75) is 116 Å². The minimum Gasteiger partial charge on any atom is -0.406 e. The highest BCUT2D eigenvalue weighted by Gasteiger charge is 2.42. The molecule has 0 unspecified atom stereocenters. The lowest BCUT2D eigenvalue weighted by atomic mass is 10.1. The quantitative estimate of drug-likeness (QED) is 0.257. The number of rotatable bonds is 11. The van der Waals surface area contributed by atoms with Crippen molar-refractivity contribution in [1.82, 2.24) is 9.97 Å². The van der Waals surface area contributed by atoms with Crippen molar-refractivity contribution in [1.29, 1.82) is 0 Å². The van der Waals surface area contributed by atoms with Crippen LogP contribution < -0.4 is 0 Å². The molecule has 0 saturated carbocycles. The molecule has 6 nitrogen and oxygen atoms in total. The summed E-state index contributed by atoms with van der Waals surface area (Å²) in [5.41, 5.74) is 3.31. The molecule has 2 rings (SSSR count). The molecule has 0 fully saturated rings. The Kier molecular flexibility index (Phi) is 10.7. The van der Waals surface area contributed by atoms with Crippen molar-refractivity contribution in [2.75, 3.05) is 14.2 Å². The zero-order valence-corrected chi connectivity index (χ0v) is 28.3. The summed E-state index contributed by atoms with van der Waals surface area (Å²) in [5.74, 6) is 0. The Bertz CT molecular complexity index is 964. The second-order valence-corrected chi connectivity index (χ2v) is 22.9. The van der Waals surface area contributed by atoms with E-state index in [4.69, 9.17) is 28.3 Å². The van der Waals surface area contributed by atoms with Crippen molar-refractivity contribution >= 4 is 16.6 Å². The van der Waals surface area contributed by atoms with Crippen LogP contribution in [0, 0.1) is 0 Å². The molecule has 4 atom stereocenters. The van der Waals surface area contributed by atoms with Gasteiger partial charge in [0.1, 0.15) is 12.2 Å². The highest BCUT2D eigenvalue weighted by atomic mass is 28.4. The minimum atomic E-state index is -2.07. The van der Waals surface area contributed by atoms with Gasteiger partial charge in [0.05, 0.1) is 35.0 Å². The van der Waals surface area contributed by atoms with Gasteiger partial charge in [0.15, 0.2) is 16.6 Å². The topological polar surface area (TPSA) is 62.7 Å². The van der Waals surface area contributed by atoms with Crippen molar-refractivity contribution in [3.63, 3.8) is 0 Å². The summed E-state index contributed by atoms with van der Waals surface area (Å²) in [6.45, 7) is 26.6. The van der Waals surface area contributed by atoms with Crippen LogP contribution in [0.4, 0.5) is 0 Å². The first-order valence-electron chi connectivity index (χ1n) is 13.7. The third kappa shape index (κ3) is 7.82.